The summed E-state index contributed by atoms with van der Waals surface area (Å²) in [5, 5.41) is 11.5. The van der Waals surface area contributed by atoms with Crippen LogP contribution in [0.1, 0.15) is 36.6 Å². The van der Waals surface area contributed by atoms with Crippen molar-refractivity contribution in [2.75, 3.05) is 32.8 Å². The Morgan fingerprint density at radius 3 is 2.25 bits per heavy atom. The van der Waals surface area contributed by atoms with Crippen molar-refractivity contribution in [3.8, 4) is 17.2 Å². The number of aliphatic hydroxyl groups is 1. The fraction of sp³-hybridized carbons (Fsp3) is 0.273. The van der Waals surface area contributed by atoms with Gasteiger partial charge in [-0.15, -0.1) is 0 Å². The summed E-state index contributed by atoms with van der Waals surface area (Å²) in [5.41, 5.74) is 1.98. The molecular weight excluding hydrogens is 504 g/mol. The zero-order valence-electron chi connectivity index (χ0n) is 23.3. The molecule has 1 amide bonds. The summed E-state index contributed by atoms with van der Waals surface area (Å²) in [5.74, 6) is 0.438. The van der Waals surface area contributed by atoms with Crippen molar-refractivity contribution in [1.82, 2.24) is 9.80 Å². The number of benzene rings is 3. The number of aryl methyl sites for hydroxylation is 1. The van der Waals surface area contributed by atoms with E-state index in [2.05, 4.69) is 25.3 Å². The summed E-state index contributed by atoms with van der Waals surface area (Å²) in [6, 6.07) is 21.2. The highest BCUT2D eigenvalue weighted by atomic mass is 16.5. The molecule has 7 heteroatoms. The molecule has 0 bridgehead atoms. The molecule has 0 aromatic heterocycles. The molecule has 1 aliphatic rings. The van der Waals surface area contributed by atoms with Gasteiger partial charge in [0.2, 0.25) is 0 Å². The summed E-state index contributed by atoms with van der Waals surface area (Å²) in [6.07, 6.45) is 1.65. The number of ether oxygens (including phenoxy) is 2. The molecule has 4 rings (SSSR count). The van der Waals surface area contributed by atoms with E-state index in [0.717, 1.165) is 18.7 Å². The zero-order chi connectivity index (χ0) is 28.6. The fourth-order valence-electron chi connectivity index (χ4n) is 4.88. The van der Waals surface area contributed by atoms with Gasteiger partial charge in [0, 0.05) is 18.7 Å². The van der Waals surface area contributed by atoms with Crippen molar-refractivity contribution in [3.05, 3.63) is 108 Å². The molecule has 3 aromatic rings. The summed E-state index contributed by atoms with van der Waals surface area (Å²) in [6.45, 7) is 12.6. The van der Waals surface area contributed by atoms with E-state index in [-0.39, 0.29) is 11.3 Å². The maximum atomic E-state index is 13.4. The number of carbonyl (C=O) groups excluding carboxylic acids is 2. The van der Waals surface area contributed by atoms with Gasteiger partial charge in [0.25, 0.3) is 11.7 Å². The Labute approximate surface area is 235 Å². The van der Waals surface area contributed by atoms with Crippen LogP contribution in [0.2, 0.25) is 0 Å². The smallest absolute Gasteiger partial charge is 0.295 e. The minimum absolute atomic E-state index is 0.0733. The standard InChI is InChI=1S/C33H36N2O5/c1-5-21-39-27-17-18-28(23(4)22-27)31(36)29-30(35(33(38)32(29)37)20-19-34(6-2)7-3)24-13-15-26(16-14-24)40-25-11-9-8-10-12-25/h5,8-18,22,30,36H,1,6-7,19-21H2,2-4H3/t30-/m0/s1. The molecule has 1 atom stereocenters. The highest BCUT2D eigenvalue weighted by Crippen LogP contribution is 2.40. The number of hydrogen-bond donors (Lipinski definition) is 1. The number of Topliss-reactive ketones (excluding diaryl/α,β-unsaturated/α-hetero) is 1. The number of nitrogens with zero attached hydrogens (tertiary/aromatic N) is 2. The zero-order valence-corrected chi connectivity index (χ0v) is 23.3. The summed E-state index contributed by atoms with van der Waals surface area (Å²) in [7, 11) is 0. The van der Waals surface area contributed by atoms with E-state index in [0.29, 0.717) is 48.1 Å². The lowest BCUT2D eigenvalue weighted by atomic mass is 9.94. The van der Waals surface area contributed by atoms with Crippen molar-refractivity contribution in [2.45, 2.75) is 26.8 Å². The van der Waals surface area contributed by atoms with Crippen LogP contribution in [0.25, 0.3) is 5.76 Å². The SMILES string of the molecule is C=CCOc1ccc(C(O)=C2C(=O)C(=O)N(CCN(CC)CC)[C@H]2c2ccc(Oc3ccccc3)cc2)c(C)c1. The van der Waals surface area contributed by atoms with E-state index < -0.39 is 17.7 Å². The van der Waals surface area contributed by atoms with Crippen molar-refractivity contribution >= 4 is 17.4 Å². The van der Waals surface area contributed by atoms with Gasteiger partial charge >= 0.3 is 0 Å². The van der Waals surface area contributed by atoms with Gasteiger partial charge in [0.05, 0.1) is 11.6 Å². The van der Waals surface area contributed by atoms with Gasteiger partial charge < -0.3 is 24.4 Å². The topological polar surface area (TPSA) is 79.3 Å². The predicted molar refractivity (Wildman–Crippen MR) is 157 cm³/mol. The normalized spacial score (nSPS) is 16.4. The summed E-state index contributed by atoms with van der Waals surface area (Å²) in [4.78, 5) is 30.6. The number of likely N-dealkylation sites (N-methyl/N-ethyl adjacent to an activating group) is 1. The number of rotatable bonds is 12. The molecule has 7 nitrogen and oxygen atoms in total. The molecule has 1 heterocycles. The van der Waals surface area contributed by atoms with Gasteiger partial charge in [-0.1, -0.05) is 56.8 Å². The lowest BCUT2D eigenvalue weighted by molar-refractivity contribution is -0.140. The van der Waals surface area contributed by atoms with E-state index in [1.54, 1.807) is 29.2 Å². The van der Waals surface area contributed by atoms with Crippen LogP contribution in [0.5, 0.6) is 17.2 Å². The Balaban J connectivity index is 1.74. The van der Waals surface area contributed by atoms with Gasteiger partial charge in [0.1, 0.15) is 29.6 Å². The molecule has 0 radical (unpaired) electrons. The van der Waals surface area contributed by atoms with Gasteiger partial charge in [0.15, 0.2) is 0 Å². The Morgan fingerprint density at radius 1 is 0.975 bits per heavy atom. The molecule has 1 fully saturated rings. The molecule has 208 valence electrons. The molecule has 0 spiro atoms. The lowest BCUT2D eigenvalue weighted by Crippen LogP contribution is -2.38. The predicted octanol–water partition coefficient (Wildman–Crippen LogP) is 6.12. The van der Waals surface area contributed by atoms with Crippen LogP contribution in [0.3, 0.4) is 0 Å². The average molecular weight is 541 g/mol. The highest BCUT2D eigenvalue weighted by molar-refractivity contribution is 6.46. The van der Waals surface area contributed by atoms with E-state index in [1.165, 1.54) is 0 Å². The molecule has 1 aliphatic heterocycles. The molecule has 40 heavy (non-hydrogen) atoms. The monoisotopic (exact) mass is 540 g/mol. The Hall–Kier alpha value is -4.36. The van der Waals surface area contributed by atoms with Crippen molar-refractivity contribution in [3.63, 3.8) is 0 Å². The molecule has 0 saturated carbocycles. The number of carbonyl (C=O) groups is 2. The number of ketones is 1. The van der Waals surface area contributed by atoms with Crippen molar-refractivity contribution in [2.24, 2.45) is 0 Å². The maximum Gasteiger partial charge on any atom is 0.295 e. The van der Waals surface area contributed by atoms with E-state index in [9.17, 15) is 14.7 Å². The Kier molecular flexibility index (Phi) is 9.40. The summed E-state index contributed by atoms with van der Waals surface area (Å²) < 4.78 is 11.5. The van der Waals surface area contributed by atoms with Crippen LogP contribution in [0, 0.1) is 6.92 Å². The fourth-order valence-corrected chi connectivity index (χ4v) is 4.88. The number of aliphatic hydroxyl groups excluding tert-OH is 1. The van der Waals surface area contributed by atoms with E-state index >= 15 is 0 Å². The van der Waals surface area contributed by atoms with Crippen LogP contribution in [0.4, 0.5) is 0 Å². The second kappa shape index (κ2) is 13.1. The first-order valence-corrected chi connectivity index (χ1v) is 13.6. The minimum Gasteiger partial charge on any atom is -0.507 e. The molecule has 0 aliphatic carbocycles. The van der Waals surface area contributed by atoms with Crippen molar-refractivity contribution in [1.29, 1.82) is 0 Å². The number of hydrogen-bond acceptors (Lipinski definition) is 6. The average Bonchev–Trinajstić information content (AvgIpc) is 3.22. The second-order valence-electron chi connectivity index (χ2n) is 9.58. The van der Waals surface area contributed by atoms with Crippen LogP contribution in [-0.2, 0) is 9.59 Å². The summed E-state index contributed by atoms with van der Waals surface area (Å²) >= 11 is 0. The largest absolute Gasteiger partial charge is 0.507 e. The number of para-hydroxylation sites is 1. The van der Waals surface area contributed by atoms with Gasteiger partial charge in [-0.3, -0.25) is 9.59 Å². The van der Waals surface area contributed by atoms with Crippen LogP contribution in [-0.4, -0.2) is 59.4 Å². The van der Waals surface area contributed by atoms with Crippen molar-refractivity contribution < 1.29 is 24.2 Å². The van der Waals surface area contributed by atoms with Gasteiger partial charge in [-0.2, -0.15) is 0 Å². The molecule has 1 N–H and O–H groups in total. The molecular formula is C33H36N2O5. The number of amides is 1. The first-order valence-electron chi connectivity index (χ1n) is 13.6. The van der Waals surface area contributed by atoms with Gasteiger partial charge in [-0.05, 0) is 73.6 Å². The molecule has 1 saturated heterocycles. The van der Waals surface area contributed by atoms with E-state index in [4.69, 9.17) is 9.47 Å². The first kappa shape index (κ1) is 28.6. The third-order valence-electron chi connectivity index (χ3n) is 7.09. The van der Waals surface area contributed by atoms with Crippen LogP contribution >= 0.6 is 0 Å². The quantitative estimate of drug-likeness (QED) is 0.129. The number of likely N-dealkylation sites (tertiary alicyclic amines) is 1. The Bertz CT molecular complexity index is 1380. The lowest BCUT2D eigenvalue weighted by Gasteiger charge is -2.28. The van der Waals surface area contributed by atoms with E-state index in [1.807, 2.05) is 61.5 Å². The van der Waals surface area contributed by atoms with Crippen LogP contribution < -0.4 is 9.47 Å². The molecule has 3 aromatic carbocycles. The second-order valence-corrected chi connectivity index (χ2v) is 9.58. The maximum absolute atomic E-state index is 13.4. The third kappa shape index (κ3) is 6.26. The third-order valence-corrected chi connectivity index (χ3v) is 7.09. The molecule has 0 unspecified atom stereocenters. The van der Waals surface area contributed by atoms with Gasteiger partial charge in [-0.25, -0.2) is 0 Å². The first-order chi connectivity index (χ1) is 19.4. The highest BCUT2D eigenvalue weighted by Gasteiger charge is 2.46. The van der Waals surface area contributed by atoms with Crippen LogP contribution in [0.15, 0.2) is 91.0 Å². The Morgan fingerprint density at radius 2 is 1.62 bits per heavy atom. The minimum atomic E-state index is -0.738.